The first kappa shape index (κ1) is 40.5. The molecule has 69 heavy (non-hydrogen) atoms. The van der Waals surface area contributed by atoms with Crippen LogP contribution < -0.4 is 4.90 Å². The highest BCUT2D eigenvalue weighted by Gasteiger charge is 2.36. The van der Waals surface area contributed by atoms with Crippen molar-refractivity contribution in [3.63, 3.8) is 0 Å². The highest BCUT2D eigenvalue weighted by Crippen LogP contribution is 2.52. The SMILES string of the molecule is CC1(C)c2cc(-c3ccc4c(c3)oc3c5ccccc5ccc43)ccc2-c2ccc(N(c3ccc(-c4ccc(-c5ccccc5)cc4)cc3)c3ccc(-c4ccc(-c5ccccc5)cc4)cc3)cc21. The van der Waals surface area contributed by atoms with Gasteiger partial charge in [-0.1, -0.05) is 202 Å². The van der Waals surface area contributed by atoms with E-state index in [0.717, 1.165) is 50.0 Å². The van der Waals surface area contributed by atoms with Crippen LogP contribution in [0.4, 0.5) is 17.1 Å². The van der Waals surface area contributed by atoms with Crippen molar-refractivity contribution in [1.29, 1.82) is 0 Å². The number of benzene rings is 11. The molecule has 0 unspecified atom stereocenters. The van der Waals surface area contributed by atoms with Crippen LogP contribution in [0.3, 0.4) is 0 Å². The summed E-state index contributed by atoms with van der Waals surface area (Å²) in [7, 11) is 0. The Bertz CT molecular complexity index is 3740. The molecule has 1 heterocycles. The van der Waals surface area contributed by atoms with Crippen LogP contribution in [0.25, 0.3) is 99.5 Å². The van der Waals surface area contributed by atoms with Crippen LogP contribution >= 0.6 is 0 Å². The minimum Gasteiger partial charge on any atom is -0.455 e. The molecule has 0 aliphatic heterocycles. The van der Waals surface area contributed by atoms with E-state index in [2.05, 4.69) is 267 Å². The number of furan rings is 1. The molecule has 326 valence electrons. The summed E-state index contributed by atoms with van der Waals surface area (Å²) in [6.45, 7) is 4.75. The molecule has 11 aromatic carbocycles. The average Bonchev–Trinajstić information content (AvgIpc) is 3.90. The van der Waals surface area contributed by atoms with Gasteiger partial charge in [-0.15, -0.1) is 0 Å². The van der Waals surface area contributed by atoms with Gasteiger partial charge in [0.2, 0.25) is 0 Å². The lowest BCUT2D eigenvalue weighted by molar-refractivity contribution is 0.660. The van der Waals surface area contributed by atoms with Crippen molar-refractivity contribution in [1.82, 2.24) is 0 Å². The van der Waals surface area contributed by atoms with Crippen LogP contribution in [0.2, 0.25) is 0 Å². The molecular weight excluding hydrogens is 835 g/mol. The molecule has 2 heteroatoms. The number of fused-ring (bicyclic) bond motifs is 8. The molecule has 1 aromatic heterocycles. The van der Waals surface area contributed by atoms with Crippen molar-refractivity contribution >= 4 is 49.8 Å². The third-order valence-electron chi connectivity index (χ3n) is 14.5. The zero-order valence-corrected chi connectivity index (χ0v) is 38.5. The predicted octanol–water partition coefficient (Wildman–Crippen LogP) is 18.9. The summed E-state index contributed by atoms with van der Waals surface area (Å²) in [5.74, 6) is 0. The second kappa shape index (κ2) is 16.3. The Labute approximate surface area is 403 Å². The maximum absolute atomic E-state index is 6.61. The molecule has 0 amide bonds. The van der Waals surface area contributed by atoms with Gasteiger partial charge in [0.1, 0.15) is 11.2 Å². The van der Waals surface area contributed by atoms with E-state index >= 15 is 0 Å². The van der Waals surface area contributed by atoms with Crippen molar-refractivity contribution < 1.29 is 4.42 Å². The number of anilines is 3. The molecule has 0 spiro atoms. The molecule has 1 aliphatic rings. The number of hydrogen-bond donors (Lipinski definition) is 0. The topological polar surface area (TPSA) is 16.4 Å². The first-order valence-corrected chi connectivity index (χ1v) is 23.9. The number of rotatable bonds is 8. The van der Waals surface area contributed by atoms with Crippen molar-refractivity contribution in [3.05, 3.63) is 260 Å². The standard InChI is InChI=1S/C67H47NO/c1-67(2)63-41-53(54-31-38-61-62-39-29-52-15-9-10-16-58(52)66(62)69-65(61)42-54)30-37-59(63)60-40-36-57(43-64(60)67)68(55-32-25-50(26-33-55)48-21-17-46(18-22-48)44-11-5-3-6-12-44)56-34-27-51(28-35-56)49-23-19-47(20-24-49)45-13-7-4-8-14-45/h3-43H,1-2H3. The van der Waals surface area contributed by atoms with Crippen molar-refractivity contribution in [3.8, 4) is 66.8 Å². The molecule has 0 saturated carbocycles. The van der Waals surface area contributed by atoms with E-state index in [1.54, 1.807) is 0 Å². The second-order valence-corrected chi connectivity index (χ2v) is 18.9. The quantitative estimate of drug-likeness (QED) is 0.151. The average molecular weight is 882 g/mol. The second-order valence-electron chi connectivity index (χ2n) is 18.9. The highest BCUT2D eigenvalue weighted by atomic mass is 16.3. The van der Waals surface area contributed by atoms with E-state index in [1.165, 1.54) is 77.7 Å². The lowest BCUT2D eigenvalue weighted by Gasteiger charge is -2.28. The summed E-state index contributed by atoms with van der Waals surface area (Å²) in [5.41, 5.74) is 22.1. The third-order valence-corrected chi connectivity index (χ3v) is 14.5. The Kier molecular flexibility index (Phi) is 9.55. The number of nitrogens with zero attached hydrogens (tertiary/aromatic N) is 1. The molecule has 12 aromatic rings. The highest BCUT2D eigenvalue weighted by molar-refractivity contribution is 6.15. The van der Waals surface area contributed by atoms with Gasteiger partial charge in [-0.2, -0.15) is 0 Å². The van der Waals surface area contributed by atoms with Crippen LogP contribution in [-0.2, 0) is 5.41 Å². The fourth-order valence-corrected chi connectivity index (χ4v) is 10.8. The largest absolute Gasteiger partial charge is 0.455 e. The maximum atomic E-state index is 6.61. The Morgan fingerprint density at radius 3 is 1.28 bits per heavy atom. The van der Waals surface area contributed by atoms with E-state index in [4.69, 9.17) is 4.42 Å². The molecule has 0 atom stereocenters. The summed E-state index contributed by atoms with van der Waals surface area (Å²) in [4.78, 5) is 2.40. The van der Waals surface area contributed by atoms with E-state index in [-0.39, 0.29) is 5.41 Å². The van der Waals surface area contributed by atoms with Gasteiger partial charge in [0.05, 0.1) is 0 Å². The molecule has 0 bridgehead atoms. The van der Waals surface area contributed by atoms with Crippen LogP contribution in [0.1, 0.15) is 25.0 Å². The van der Waals surface area contributed by atoms with Crippen LogP contribution in [-0.4, -0.2) is 0 Å². The fraction of sp³-hybridized carbons (Fsp3) is 0.0448. The Morgan fingerprint density at radius 1 is 0.304 bits per heavy atom. The summed E-state index contributed by atoms with van der Waals surface area (Å²) < 4.78 is 6.61. The first-order chi connectivity index (χ1) is 33.9. The monoisotopic (exact) mass is 881 g/mol. The molecule has 2 nitrogen and oxygen atoms in total. The molecule has 0 saturated heterocycles. The van der Waals surface area contributed by atoms with E-state index in [1.807, 2.05) is 0 Å². The summed E-state index contributed by atoms with van der Waals surface area (Å²) in [5, 5.41) is 4.63. The Balaban J connectivity index is 0.850. The minimum absolute atomic E-state index is 0.240. The third kappa shape index (κ3) is 7.03. The molecule has 0 fully saturated rings. The van der Waals surface area contributed by atoms with Gasteiger partial charge in [-0.05, 0) is 144 Å². The molecule has 1 aliphatic carbocycles. The van der Waals surface area contributed by atoms with E-state index in [9.17, 15) is 0 Å². The number of hydrogen-bond acceptors (Lipinski definition) is 2. The van der Waals surface area contributed by atoms with E-state index in [0.29, 0.717) is 0 Å². The minimum atomic E-state index is -0.240. The first-order valence-electron chi connectivity index (χ1n) is 23.9. The van der Waals surface area contributed by atoms with Gasteiger partial charge < -0.3 is 9.32 Å². The van der Waals surface area contributed by atoms with Gasteiger partial charge in [0.25, 0.3) is 0 Å². The Morgan fingerprint density at radius 2 is 0.710 bits per heavy atom. The molecule has 13 rings (SSSR count). The Hall–Kier alpha value is -8.72. The normalized spacial score (nSPS) is 12.6. The smallest absolute Gasteiger partial charge is 0.143 e. The van der Waals surface area contributed by atoms with Crippen molar-refractivity contribution in [2.45, 2.75) is 19.3 Å². The van der Waals surface area contributed by atoms with Crippen LogP contribution in [0.15, 0.2) is 253 Å². The van der Waals surface area contributed by atoms with Gasteiger partial charge >= 0.3 is 0 Å². The molecular formula is C67H47NO. The maximum Gasteiger partial charge on any atom is 0.143 e. The lowest BCUT2D eigenvalue weighted by atomic mass is 9.81. The predicted molar refractivity (Wildman–Crippen MR) is 291 cm³/mol. The van der Waals surface area contributed by atoms with E-state index < -0.39 is 0 Å². The van der Waals surface area contributed by atoms with Gasteiger partial charge in [-0.3, -0.25) is 0 Å². The lowest BCUT2D eigenvalue weighted by Crippen LogP contribution is -2.16. The summed E-state index contributed by atoms with van der Waals surface area (Å²) in [6.07, 6.45) is 0. The fourth-order valence-electron chi connectivity index (χ4n) is 10.8. The van der Waals surface area contributed by atoms with Crippen LogP contribution in [0, 0.1) is 0 Å². The summed E-state index contributed by atoms with van der Waals surface area (Å²) in [6, 6.07) is 90.5. The van der Waals surface area contributed by atoms with Crippen molar-refractivity contribution in [2.24, 2.45) is 0 Å². The summed E-state index contributed by atoms with van der Waals surface area (Å²) >= 11 is 0. The van der Waals surface area contributed by atoms with Gasteiger partial charge in [0.15, 0.2) is 0 Å². The zero-order valence-electron chi connectivity index (χ0n) is 38.5. The van der Waals surface area contributed by atoms with Crippen LogP contribution in [0.5, 0.6) is 0 Å². The zero-order chi connectivity index (χ0) is 46.1. The molecule has 0 radical (unpaired) electrons. The van der Waals surface area contributed by atoms with Crippen molar-refractivity contribution in [2.75, 3.05) is 4.90 Å². The van der Waals surface area contributed by atoms with Gasteiger partial charge in [0, 0.05) is 38.6 Å². The van der Waals surface area contributed by atoms with Gasteiger partial charge in [-0.25, -0.2) is 0 Å². The molecule has 0 N–H and O–H groups in total.